The number of aromatic nitrogens is 1. The van der Waals surface area contributed by atoms with Gasteiger partial charge in [-0.15, -0.1) is 0 Å². The molecule has 0 unspecified atom stereocenters. The molecule has 2 aromatic carbocycles. The van der Waals surface area contributed by atoms with Crippen molar-refractivity contribution in [2.24, 2.45) is 0 Å². The van der Waals surface area contributed by atoms with Crippen LogP contribution in [0.1, 0.15) is 5.56 Å². The number of carbonyl (C=O) groups excluding carboxylic acids is 2. The summed E-state index contributed by atoms with van der Waals surface area (Å²) in [6.45, 7) is -0.287. The van der Waals surface area contributed by atoms with Gasteiger partial charge in [0.2, 0.25) is 5.91 Å². The number of esters is 1. The molecule has 0 bridgehead atoms. The summed E-state index contributed by atoms with van der Waals surface area (Å²) in [4.78, 5) is 27.7. The van der Waals surface area contributed by atoms with Gasteiger partial charge in [0.25, 0.3) is 0 Å². The van der Waals surface area contributed by atoms with E-state index >= 15 is 0 Å². The maximum Gasteiger partial charge on any atom is 0.343 e. The Morgan fingerprint density at radius 3 is 2.59 bits per heavy atom. The van der Waals surface area contributed by atoms with Gasteiger partial charge in [-0.1, -0.05) is 6.07 Å². The van der Waals surface area contributed by atoms with E-state index in [1.807, 2.05) is 0 Å². The fourth-order valence-electron chi connectivity index (χ4n) is 2.57. The average molecular weight is 398 g/mol. The van der Waals surface area contributed by atoms with E-state index in [2.05, 4.69) is 15.0 Å². The minimum atomic E-state index is -0.768. The van der Waals surface area contributed by atoms with Crippen LogP contribution in [-0.4, -0.2) is 30.6 Å². The number of benzene rings is 2. The summed E-state index contributed by atoms with van der Waals surface area (Å²) < 4.78 is 37.3. The molecule has 0 fully saturated rings. The molecule has 0 aliphatic heterocycles. The van der Waals surface area contributed by atoms with Crippen molar-refractivity contribution in [2.75, 3.05) is 19.0 Å². The number of hydrogen-bond donors (Lipinski definition) is 1. The molecule has 3 aromatic rings. The van der Waals surface area contributed by atoms with E-state index in [0.717, 1.165) is 24.3 Å². The molecule has 0 saturated heterocycles. The van der Waals surface area contributed by atoms with Crippen molar-refractivity contribution in [1.29, 1.82) is 0 Å². The molecule has 8 heteroatoms. The SMILES string of the molecule is COC(=O)COc1ccc(NC(=O)C=Cc2c(F)cccc2F)c2cccnc12. The number of pyridine rings is 1. The van der Waals surface area contributed by atoms with E-state index in [9.17, 15) is 18.4 Å². The maximum atomic E-state index is 13.7. The predicted molar refractivity (Wildman–Crippen MR) is 103 cm³/mol. The minimum absolute atomic E-state index is 0.287. The second kappa shape index (κ2) is 8.92. The molecule has 0 atom stereocenters. The molecular weight excluding hydrogens is 382 g/mol. The lowest BCUT2D eigenvalue weighted by Crippen LogP contribution is -2.13. The number of amides is 1. The van der Waals surface area contributed by atoms with Crippen LogP contribution < -0.4 is 10.1 Å². The van der Waals surface area contributed by atoms with Crippen LogP contribution in [0.4, 0.5) is 14.5 Å². The van der Waals surface area contributed by atoms with E-state index in [1.54, 1.807) is 30.5 Å². The molecule has 0 saturated carbocycles. The van der Waals surface area contributed by atoms with Gasteiger partial charge < -0.3 is 14.8 Å². The largest absolute Gasteiger partial charge is 0.480 e. The Morgan fingerprint density at radius 1 is 1.10 bits per heavy atom. The van der Waals surface area contributed by atoms with E-state index in [0.29, 0.717) is 22.3 Å². The number of hydrogen-bond acceptors (Lipinski definition) is 5. The van der Waals surface area contributed by atoms with Gasteiger partial charge in [-0.05, 0) is 42.5 Å². The molecule has 3 rings (SSSR count). The average Bonchev–Trinajstić information content (AvgIpc) is 2.72. The quantitative estimate of drug-likeness (QED) is 0.506. The first-order valence-electron chi connectivity index (χ1n) is 8.50. The Hall–Kier alpha value is -3.81. The zero-order valence-electron chi connectivity index (χ0n) is 15.3. The fourth-order valence-corrected chi connectivity index (χ4v) is 2.57. The number of fused-ring (bicyclic) bond motifs is 1. The van der Waals surface area contributed by atoms with Gasteiger partial charge in [0.15, 0.2) is 6.61 Å². The second-order valence-electron chi connectivity index (χ2n) is 5.83. The number of nitrogens with one attached hydrogen (secondary N) is 1. The first-order valence-corrected chi connectivity index (χ1v) is 8.50. The van der Waals surface area contributed by atoms with Crippen LogP contribution >= 0.6 is 0 Å². The molecule has 1 amide bonds. The minimum Gasteiger partial charge on any atom is -0.480 e. The van der Waals surface area contributed by atoms with Crippen molar-refractivity contribution in [3.05, 3.63) is 71.9 Å². The van der Waals surface area contributed by atoms with E-state index < -0.39 is 23.5 Å². The summed E-state index contributed by atoms with van der Waals surface area (Å²) >= 11 is 0. The van der Waals surface area contributed by atoms with Crippen molar-refractivity contribution >= 4 is 34.5 Å². The normalized spacial score (nSPS) is 10.9. The molecular formula is C21H16F2N2O4. The fraction of sp³-hybridized carbons (Fsp3) is 0.0952. The summed E-state index contributed by atoms with van der Waals surface area (Å²) in [6.07, 6.45) is 3.64. The lowest BCUT2D eigenvalue weighted by Gasteiger charge is -2.11. The lowest BCUT2D eigenvalue weighted by atomic mass is 10.1. The first-order chi connectivity index (χ1) is 14.0. The number of anilines is 1. The van der Waals surface area contributed by atoms with Gasteiger partial charge in [0.1, 0.15) is 22.9 Å². The smallest absolute Gasteiger partial charge is 0.343 e. The monoisotopic (exact) mass is 398 g/mol. The number of methoxy groups -OCH3 is 1. The number of halogens is 2. The number of rotatable bonds is 6. The van der Waals surface area contributed by atoms with E-state index in [1.165, 1.54) is 13.2 Å². The zero-order valence-corrected chi connectivity index (χ0v) is 15.3. The predicted octanol–water partition coefficient (Wildman–Crippen LogP) is 3.72. The highest BCUT2D eigenvalue weighted by molar-refractivity contribution is 6.07. The van der Waals surface area contributed by atoms with Crippen LogP contribution in [0.2, 0.25) is 0 Å². The van der Waals surface area contributed by atoms with Crippen molar-refractivity contribution in [1.82, 2.24) is 4.98 Å². The van der Waals surface area contributed by atoms with E-state index in [4.69, 9.17) is 4.74 Å². The Morgan fingerprint density at radius 2 is 1.86 bits per heavy atom. The molecule has 0 aliphatic carbocycles. The highest BCUT2D eigenvalue weighted by Gasteiger charge is 2.12. The first kappa shape index (κ1) is 19.9. The molecule has 0 radical (unpaired) electrons. The number of nitrogens with zero attached hydrogens (tertiary/aromatic N) is 1. The van der Waals surface area contributed by atoms with Gasteiger partial charge in [0.05, 0.1) is 12.8 Å². The van der Waals surface area contributed by atoms with Crippen LogP contribution in [0.3, 0.4) is 0 Å². The van der Waals surface area contributed by atoms with Crippen molar-refractivity contribution in [3.8, 4) is 5.75 Å². The molecule has 29 heavy (non-hydrogen) atoms. The maximum absolute atomic E-state index is 13.7. The topological polar surface area (TPSA) is 77.5 Å². The summed E-state index contributed by atoms with van der Waals surface area (Å²) in [5.74, 6) is -2.32. The molecule has 1 heterocycles. The summed E-state index contributed by atoms with van der Waals surface area (Å²) in [6, 6.07) is 9.96. The van der Waals surface area contributed by atoms with Crippen LogP contribution in [0, 0.1) is 11.6 Å². The zero-order chi connectivity index (χ0) is 20.8. The highest BCUT2D eigenvalue weighted by atomic mass is 19.1. The van der Waals surface area contributed by atoms with Crippen molar-refractivity contribution in [2.45, 2.75) is 0 Å². The lowest BCUT2D eigenvalue weighted by molar-refractivity contribution is -0.142. The molecule has 148 valence electrons. The van der Waals surface area contributed by atoms with Gasteiger partial charge >= 0.3 is 5.97 Å². The van der Waals surface area contributed by atoms with Crippen LogP contribution in [-0.2, 0) is 14.3 Å². The molecule has 6 nitrogen and oxygen atoms in total. The third-order valence-electron chi connectivity index (χ3n) is 3.96. The van der Waals surface area contributed by atoms with Crippen LogP contribution in [0.25, 0.3) is 17.0 Å². The van der Waals surface area contributed by atoms with Crippen LogP contribution in [0.15, 0.2) is 54.7 Å². The third kappa shape index (κ3) is 4.73. The molecule has 1 aromatic heterocycles. The Bertz CT molecular complexity index is 1080. The van der Waals surface area contributed by atoms with Crippen molar-refractivity contribution < 1.29 is 27.8 Å². The summed E-state index contributed by atoms with van der Waals surface area (Å²) in [7, 11) is 1.25. The Labute approximate surface area is 164 Å². The molecule has 0 aliphatic rings. The summed E-state index contributed by atoms with van der Waals surface area (Å²) in [5.41, 5.74) is 0.543. The Kier molecular flexibility index (Phi) is 6.13. The Balaban J connectivity index is 1.82. The van der Waals surface area contributed by atoms with Gasteiger partial charge in [-0.2, -0.15) is 0 Å². The number of ether oxygens (including phenoxy) is 2. The van der Waals surface area contributed by atoms with Gasteiger partial charge in [0, 0.05) is 23.2 Å². The molecule has 1 N–H and O–H groups in total. The highest BCUT2D eigenvalue weighted by Crippen LogP contribution is 2.30. The standard InChI is InChI=1S/C21H16F2N2O4/c1-28-20(27)12-29-18-9-8-17(14-4-3-11-24-21(14)18)25-19(26)10-7-13-15(22)5-2-6-16(13)23/h2-11H,12H2,1H3,(H,25,26). The third-order valence-corrected chi connectivity index (χ3v) is 3.96. The van der Waals surface area contributed by atoms with Crippen molar-refractivity contribution in [3.63, 3.8) is 0 Å². The molecule has 0 spiro atoms. The van der Waals surface area contributed by atoms with Gasteiger partial charge in [-0.3, -0.25) is 9.78 Å². The van der Waals surface area contributed by atoms with Crippen LogP contribution in [0.5, 0.6) is 5.75 Å². The number of carbonyl (C=O) groups is 2. The second-order valence-corrected chi connectivity index (χ2v) is 5.83. The van der Waals surface area contributed by atoms with E-state index in [-0.39, 0.29) is 12.2 Å². The summed E-state index contributed by atoms with van der Waals surface area (Å²) in [5, 5.41) is 3.20. The van der Waals surface area contributed by atoms with Gasteiger partial charge in [-0.25, -0.2) is 13.6 Å².